The first-order valence-electron chi connectivity index (χ1n) is 26.0. The van der Waals surface area contributed by atoms with Gasteiger partial charge < -0.3 is 20.3 Å². The maximum Gasteiger partial charge on any atom is 0.306 e. The van der Waals surface area contributed by atoms with Gasteiger partial charge in [0.2, 0.25) is 5.91 Å². The summed E-state index contributed by atoms with van der Waals surface area (Å²) in [6.07, 6.45) is 66.1. The zero-order valence-corrected chi connectivity index (χ0v) is 40.9. The number of allylic oxidation sites excluding steroid dienone is 16. The molecule has 1 amide bonds. The predicted octanol–water partition coefficient (Wildman–Crippen LogP) is 15.7. The lowest BCUT2D eigenvalue weighted by atomic mass is 10.0. The highest BCUT2D eigenvalue weighted by Crippen LogP contribution is 2.16. The van der Waals surface area contributed by atoms with Gasteiger partial charge in [0, 0.05) is 6.42 Å². The second-order valence-electron chi connectivity index (χ2n) is 17.2. The zero-order chi connectivity index (χ0) is 45.9. The highest BCUT2D eigenvalue weighted by atomic mass is 16.5. The number of aliphatic hydroxyl groups excluding tert-OH is 2. The van der Waals surface area contributed by atoms with Gasteiger partial charge in [0.25, 0.3) is 0 Å². The molecule has 3 N–H and O–H groups in total. The van der Waals surface area contributed by atoms with E-state index in [1.165, 1.54) is 89.9 Å². The van der Waals surface area contributed by atoms with Crippen molar-refractivity contribution in [2.45, 2.75) is 244 Å². The summed E-state index contributed by atoms with van der Waals surface area (Å²) < 4.78 is 5.87. The second kappa shape index (κ2) is 49.8. The van der Waals surface area contributed by atoms with Gasteiger partial charge in [-0.15, -0.1) is 0 Å². The molecular formula is C57H97NO5. The van der Waals surface area contributed by atoms with Crippen LogP contribution in [0.5, 0.6) is 0 Å². The maximum atomic E-state index is 13.2. The number of hydrogen-bond donors (Lipinski definition) is 3. The summed E-state index contributed by atoms with van der Waals surface area (Å²) in [7, 11) is 0. The first kappa shape index (κ1) is 59.8. The number of amides is 1. The van der Waals surface area contributed by atoms with Gasteiger partial charge in [0.15, 0.2) is 0 Å². The number of esters is 1. The molecule has 0 aromatic heterocycles. The lowest BCUT2D eigenvalue weighted by Gasteiger charge is -2.24. The van der Waals surface area contributed by atoms with E-state index >= 15 is 0 Å². The van der Waals surface area contributed by atoms with Crippen LogP contribution in [0, 0.1) is 0 Å². The van der Waals surface area contributed by atoms with Crippen LogP contribution in [0.15, 0.2) is 97.2 Å². The molecule has 6 nitrogen and oxygen atoms in total. The Hall–Kier alpha value is -3.22. The van der Waals surface area contributed by atoms with Crippen LogP contribution < -0.4 is 5.32 Å². The number of nitrogens with one attached hydrogen (secondary N) is 1. The van der Waals surface area contributed by atoms with Gasteiger partial charge in [-0.05, 0) is 96.3 Å². The van der Waals surface area contributed by atoms with Crippen molar-refractivity contribution in [3.05, 3.63) is 97.2 Å². The first-order chi connectivity index (χ1) is 31.0. The minimum atomic E-state index is -0.815. The summed E-state index contributed by atoms with van der Waals surface area (Å²) in [6, 6.07) is -0.734. The Morgan fingerprint density at radius 3 is 1.32 bits per heavy atom. The molecule has 0 saturated carbocycles. The third-order valence-corrected chi connectivity index (χ3v) is 11.2. The van der Waals surface area contributed by atoms with Crippen LogP contribution in [0.2, 0.25) is 0 Å². The molecule has 0 aliphatic carbocycles. The third kappa shape index (κ3) is 45.2. The zero-order valence-electron chi connectivity index (χ0n) is 40.9. The minimum absolute atomic E-state index is 0.0169. The molecule has 0 heterocycles. The summed E-state index contributed by atoms with van der Waals surface area (Å²) in [5.41, 5.74) is 0. The van der Waals surface area contributed by atoms with Crippen molar-refractivity contribution >= 4 is 11.9 Å². The molecule has 0 bridgehead atoms. The molecule has 0 aliphatic rings. The standard InChI is InChI=1S/C57H97NO5/c1-4-7-10-13-16-19-22-25-27-29-32-35-38-41-44-47-50-57(62)63-53(48-45-42-39-36-33-31-28-26-23-20-17-14-11-8-5-2)51-56(61)58-54(52-59)55(60)49-46-43-40-37-34-30-24-21-18-15-12-9-6-3/h7,10,16-17,19-20,25-28,32-33,35-36,41,44,53-55,59-60H,4-6,8-9,11-15,18,21-24,29-31,34,37-40,42-43,45-52H2,1-3H3,(H,58,61)/b10-7+,19-16+,20-17-,27-25+,28-26-,35-32+,36-33-,44-41+. The maximum absolute atomic E-state index is 13.2. The average Bonchev–Trinajstić information content (AvgIpc) is 3.28. The van der Waals surface area contributed by atoms with E-state index < -0.39 is 18.2 Å². The number of carbonyl (C=O) groups is 2. The van der Waals surface area contributed by atoms with Crippen molar-refractivity contribution in [3.8, 4) is 0 Å². The smallest absolute Gasteiger partial charge is 0.306 e. The van der Waals surface area contributed by atoms with Gasteiger partial charge in [0.05, 0.1) is 25.2 Å². The van der Waals surface area contributed by atoms with Crippen molar-refractivity contribution in [1.82, 2.24) is 5.32 Å². The van der Waals surface area contributed by atoms with Crippen LogP contribution in [-0.2, 0) is 14.3 Å². The summed E-state index contributed by atoms with van der Waals surface area (Å²) >= 11 is 0. The molecule has 3 atom stereocenters. The predicted molar refractivity (Wildman–Crippen MR) is 273 cm³/mol. The number of unbranched alkanes of at least 4 members (excludes halogenated alkanes) is 17. The summed E-state index contributed by atoms with van der Waals surface area (Å²) in [5, 5.41) is 23.7. The first-order valence-corrected chi connectivity index (χ1v) is 26.0. The normalized spacial score (nSPS) is 14.0. The molecule has 0 aromatic carbocycles. The SMILES string of the molecule is CC/C=C/C/C=C/C/C=C/C/C=C/C/C=C/CCC(=O)OC(CCCC/C=C\C/C=C\C/C=C\CCCCC)CC(=O)NC(CO)C(O)CCCCCCCCCCCCCCC. The van der Waals surface area contributed by atoms with E-state index in [1.54, 1.807) is 0 Å². The molecule has 0 spiro atoms. The van der Waals surface area contributed by atoms with E-state index in [9.17, 15) is 19.8 Å². The van der Waals surface area contributed by atoms with Crippen molar-refractivity contribution in [1.29, 1.82) is 0 Å². The molecule has 3 unspecified atom stereocenters. The van der Waals surface area contributed by atoms with Crippen molar-refractivity contribution in [2.75, 3.05) is 6.61 Å². The monoisotopic (exact) mass is 876 g/mol. The van der Waals surface area contributed by atoms with E-state index in [2.05, 4.69) is 117 Å². The molecule has 0 radical (unpaired) electrons. The number of carbonyl (C=O) groups excluding carboxylic acids is 2. The third-order valence-electron chi connectivity index (χ3n) is 11.2. The van der Waals surface area contributed by atoms with E-state index in [0.717, 1.165) is 83.5 Å². The Labute approximate surface area is 388 Å². The molecule has 0 rings (SSSR count). The van der Waals surface area contributed by atoms with Crippen LogP contribution in [-0.4, -0.2) is 46.9 Å². The topological polar surface area (TPSA) is 95.9 Å². The number of aliphatic hydroxyl groups is 2. The molecule has 0 aromatic rings. The van der Waals surface area contributed by atoms with Gasteiger partial charge in [-0.25, -0.2) is 0 Å². The van der Waals surface area contributed by atoms with Crippen LogP contribution in [0.1, 0.15) is 226 Å². The Kier molecular flexibility index (Phi) is 47.2. The summed E-state index contributed by atoms with van der Waals surface area (Å²) in [6.45, 7) is 6.31. The quantitative estimate of drug-likeness (QED) is 0.0322. The molecular weight excluding hydrogens is 779 g/mol. The molecule has 0 aliphatic heterocycles. The number of rotatable bonds is 45. The molecule has 0 fully saturated rings. The van der Waals surface area contributed by atoms with Crippen LogP contribution in [0.4, 0.5) is 0 Å². The van der Waals surface area contributed by atoms with Gasteiger partial charge in [-0.1, -0.05) is 214 Å². The molecule has 0 saturated heterocycles. The van der Waals surface area contributed by atoms with Crippen LogP contribution in [0.3, 0.4) is 0 Å². The Balaban J connectivity index is 4.78. The Morgan fingerprint density at radius 2 is 0.857 bits per heavy atom. The summed E-state index contributed by atoms with van der Waals surface area (Å²) in [4.78, 5) is 26.1. The Morgan fingerprint density at radius 1 is 0.476 bits per heavy atom. The number of ether oxygens (including phenoxy) is 1. The van der Waals surface area contributed by atoms with Gasteiger partial charge in [0.1, 0.15) is 6.10 Å². The van der Waals surface area contributed by atoms with Crippen molar-refractivity contribution in [3.63, 3.8) is 0 Å². The second-order valence-corrected chi connectivity index (χ2v) is 17.2. The van der Waals surface area contributed by atoms with Gasteiger partial charge in [-0.3, -0.25) is 9.59 Å². The lowest BCUT2D eigenvalue weighted by Crippen LogP contribution is -2.46. The van der Waals surface area contributed by atoms with Gasteiger partial charge >= 0.3 is 5.97 Å². The van der Waals surface area contributed by atoms with Crippen molar-refractivity contribution in [2.24, 2.45) is 0 Å². The van der Waals surface area contributed by atoms with E-state index in [4.69, 9.17) is 4.74 Å². The van der Waals surface area contributed by atoms with E-state index in [1.807, 2.05) is 6.08 Å². The fraction of sp³-hybridized carbons (Fsp3) is 0.684. The van der Waals surface area contributed by atoms with Crippen LogP contribution >= 0.6 is 0 Å². The fourth-order valence-electron chi connectivity index (χ4n) is 7.25. The largest absolute Gasteiger partial charge is 0.462 e. The van der Waals surface area contributed by atoms with E-state index in [-0.39, 0.29) is 31.3 Å². The van der Waals surface area contributed by atoms with E-state index in [0.29, 0.717) is 19.3 Å². The summed E-state index contributed by atoms with van der Waals surface area (Å²) in [5.74, 6) is -0.617. The Bertz CT molecular complexity index is 1260. The average molecular weight is 876 g/mol. The van der Waals surface area contributed by atoms with Gasteiger partial charge in [-0.2, -0.15) is 0 Å². The lowest BCUT2D eigenvalue weighted by molar-refractivity contribution is -0.150. The number of hydrogen-bond acceptors (Lipinski definition) is 5. The highest BCUT2D eigenvalue weighted by molar-refractivity contribution is 5.77. The molecule has 6 heteroatoms. The van der Waals surface area contributed by atoms with Crippen molar-refractivity contribution < 1.29 is 24.5 Å². The molecule has 360 valence electrons. The molecule has 63 heavy (non-hydrogen) atoms. The highest BCUT2D eigenvalue weighted by Gasteiger charge is 2.24. The van der Waals surface area contributed by atoms with Crippen LogP contribution in [0.25, 0.3) is 0 Å². The fourth-order valence-corrected chi connectivity index (χ4v) is 7.25. The minimum Gasteiger partial charge on any atom is -0.462 e.